The van der Waals surface area contributed by atoms with E-state index in [1.54, 1.807) is 6.92 Å². The van der Waals surface area contributed by atoms with Crippen molar-refractivity contribution < 1.29 is 40.0 Å². The summed E-state index contributed by atoms with van der Waals surface area (Å²) in [4.78, 5) is -0.655. The molecule has 2 aromatic carbocycles. The van der Waals surface area contributed by atoms with Crippen molar-refractivity contribution in [2.75, 3.05) is 12.3 Å². The number of aryl methyl sites for hydroxylation is 1. The predicted octanol–water partition coefficient (Wildman–Crippen LogP) is 3.86. The maximum atomic E-state index is 14.3. The molecule has 0 saturated heterocycles. The Morgan fingerprint density at radius 1 is 1.23 bits per heavy atom. The summed E-state index contributed by atoms with van der Waals surface area (Å²) in [6, 6.07) is 3.91. The highest BCUT2D eigenvalue weighted by Crippen LogP contribution is 2.50. The number of sulfonamides is 1. The van der Waals surface area contributed by atoms with Gasteiger partial charge in [0.15, 0.2) is 6.01 Å². The molecule has 0 bridgehead atoms. The van der Waals surface area contributed by atoms with Gasteiger partial charge in [0.2, 0.25) is 0 Å². The molecule has 2 atom stereocenters. The Morgan fingerprint density at radius 2 is 1.90 bits per heavy atom. The lowest BCUT2D eigenvalue weighted by Crippen LogP contribution is -2.22. The zero-order chi connectivity index (χ0) is 22.5. The van der Waals surface area contributed by atoms with E-state index in [0.717, 1.165) is 18.2 Å². The van der Waals surface area contributed by atoms with Crippen LogP contribution in [-0.4, -0.2) is 35.9 Å². The standard InChI is InChI=1S/C18H17F4NO5S2/c1-10-5-11(20)7-12(6-10)28-14-3-4-15(30(27,9-19)23-29(2,25)26)16-13(14)8-18(21,22)17(16)24/h3-7,17,24H,8-9H2,1-2H3/t17-,30?/m0/s1. The smallest absolute Gasteiger partial charge is 0.281 e. The first-order chi connectivity index (χ1) is 13.8. The van der Waals surface area contributed by atoms with Crippen molar-refractivity contribution in [2.24, 2.45) is 3.77 Å². The maximum absolute atomic E-state index is 14.3. The third-order valence-corrected chi connectivity index (χ3v) is 7.74. The number of ether oxygens (including phenoxy) is 1. The van der Waals surface area contributed by atoms with Gasteiger partial charge in [-0.15, -0.1) is 3.77 Å². The second-order valence-electron chi connectivity index (χ2n) is 6.92. The van der Waals surface area contributed by atoms with E-state index in [9.17, 15) is 35.3 Å². The maximum Gasteiger partial charge on any atom is 0.281 e. The van der Waals surface area contributed by atoms with Crippen molar-refractivity contribution in [1.82, 2.24) is 0 Å². The zero-order valence-electron chi connectivity index (χ0n) is 15.7. The van der Waals surface area contributed by atoms with E-state index in [2.05, 4.69) is 3.77 Å². The summed E-state index contributed by atoms with van der Waals surface area (Å²) in [6.45, 7) is 1.59. The molecule has 2 aromatic rings. The van der Waals surface area contributed by atoms with E-state index in [4.69, 9.17) is 4.74 Å². The topological polar surface area (TPSA) is 93.0 Å². The van der Waals surface area contributed by atoms with Crippen molar-refractivity contribution in [3.05, 3.63) is 52.8 Å². The number of hydrogen-bond donors (Lipinski definition) is 1. The Labute approximate surface area is 170 Å². The summed E-state index contributed by atoms with van der Waals surface area (Å²) in [7, 11) is -8.62. The molecule has 0 radical (unpaired) electrons. The van der Waals surface area contributed by atoms with E-state index in [-0.39, 0.29) is 17.1 Å². The van der Waals surface area contributed by atoms with E-state index in [1.165, 1.54) is 12.1 Å². The molecule has 0 amide bonds. The van der Waals surface area contributed by atoms with Gasteiger partial charge >= 0.3 is 0 Å². The molecule has 0 fully saturated rings. The summed E-state index contributed by atoms with van der Waals surface area (Å²) >= 11 is 0. The fourth-order valence-corrected chi connectivity index (χ4v) is 6.46. The molecule has 3 rings (SSSR count). The second-order valence-corrected chi connectivity index (χ2v) is 10.9. The van der Waals surface area contributed by atoms with Crippen molar-refractivity contribution in [3.8, 4) is 11.5 Å². The van der Waals surface area contributed by atoms with Crippen LogP contribution in [0, 0.1) is 12.7 Å². The summed E-state index contributed by atoms with van der Waals surface area (Å²) < 4.78 is 100. The molecule has 1 aliphatic carbocycles. The Morgan fingerprint density at radius 3 is 2.47 bits per heavy atom. The van der Waals surface area contributed by atoms with Gasteiger partial charge in [-0.1, -0.05) is 0 Å². The van der Waals surface area contributed by atoms with Gasteiger partial charge in [0.1, 0.15) is 33.1 Å². The van der Waals surface area contributed by atoms with Crippen molar-refractivity contribution >= 4 is 19.8 Å². The number of benzene rings is 2. The summed E-state index contributed by atoms with van der Waals surface area (Å²) in [5, 5.41) is 10.1. The molecule has 1 aliphatic rings. The number of fused-ring (bicyclic) bond motifs is 1. The highest BCUT2D eigenvalue weighted by molar-refractivity contribution is 8.03. The Hall–Kier alpha value is -2.18. The molecular formula is C18H17F4NO5S2. The van der Waals surface area contributed by atoms with Gasteiger partial charge in [-0.25, -0.2) is 30.2 Å². The lowest BCUT2D eigenvalue weighted by molar-refractivity contribution is -0.0976. The molecule has 30 heavy (non-hydrogen) atoms. The van der Waals surface area contributed by atoms with Gasteiger partial charge in [0.05, 0.1) is 11.2 Å². The Bertz CT molecular complexity index is 1220. The Balaban J connectivity index is 2.24. The molecule has 1 N–H and O–H groups in total. The van der Waals surface area contributed by atoms with E-state index in [0.29, 0.717) is 11.8 Å². The van der Waals surface area contributed by atoms with Gasteiger partial charge < -0.3 is 9.84 Å². The number of aliphatic hydroxyl groups is 1. The van der Waals surface area contributed by atoms with Gasteiger partial charge in [0, 0.05) is 23.6 Å². The first-order valence-electron chi connectivity index (χ1n) is 8.44. The average Bonchev–Trinajstić information content (AvgIpc) is 2.83. The number of aliphatic hydroxyl groups excluding tert-OH is 1. The molecule has 164 valence electrons. The highest BCUT2D eigenvalue weighted by atomic mass is 32.3. The van der Waals surface area contributed by atoms with Crippen molar-refractivity contribution in [3.63, 3.8) is 0 Å². The lowest BCUT2D eigenvalue weighted by atomic mass is 10.1. The number of halogens is 4. The van der Waals surface area contributed by atoms with Crippen LogP contribution in [0.2, 0.25) is 0 Å². The molecule has 12 heteroatoms. The molecule has 0 saturated carbocycles. The van der Waals surface area contributed by atoms with Crippen LogP contribution in [0.15, 0.2) is 39.0 Å². The second kappa shape index (κ2) is 7.50. The molecule has 6 nitrogen and oxygen atoms in total. The molecule has 0 aromatic heterocycles. The van der Waals surface area contributed by atoms with Crippen LogP contribution in [0.5, 0.6) is 11.5 Å². The third kappa shape index (κ3) is 4.30. The zero-order valence-corrected chi connectivity index (χ0v) is 17.4. The number of hydrogen-bond acceptors (Lipinski definition) is 5. The van der Waals surface area contributed by atoms with Crippen molar-refractivity contribution in [2.45, 2.75) is 30.3 Å². The van der Waals surface area contributed by atoms with Gasteiger partial charge in [-0.05, 0) is 36.8 Å². The van der Waals surface area contributed by atoms with Gasteiger partial charge in [-0.3, -0.25) is 0 Å². The predicted molar refractivity (Wildman–Crippen MR) is 101 cm³/mol. The first-order valence-corrected chi connectivity index (χ1v) is 12.0. The quantitative estimate of drug-likeness (QED) is 0.674. The van der Waals surface area contributed by atoms with Crippen LogP contribution in [0.4, 0.5) is 17.6 Å². The van der Waals surface area contributed by atoms with E-state index in [1.807, 2.05) is 0 Å². The van der Waals surface area contributed by atoms with Crippen LogP contribution >= 0.6 is 0 Å². The monoisotopic (exact) mass is 467 g/mol. The highest BCUT2D eigenvalue weighted by Gasteiger charge is 2.50. The SMILES string of the molecule is Cc1cc(F)cc(Oc2ccc(S(=O)(CF)=NS(C)(=O)=O)c3c2CC(F)(F)[C@H]3O)c1. The summed E-state index contributed by atoms with van der Waals surface area (Å²) in [6.07, 6.45) is -2.94. The molecule has 0 heterocycles. The van der Waals surface area contributed by atoms with Gasteiger partial charge in [-0.2, -0.15) is 0 Å². The van der Waals surface area contributed by atoms with Crippen LogP contribution < -0.4 is 4.74 Å². The lowest BCUT2D eigenvalue weighted by Gasteiger charge is -2.17. The van der Waals surface area contributed by atoms with Crippen molar-refractivity contribution in [1.29, 1.82) is 0 Å². The fraction of sp³-hybridized carbons (Fsp3) is 0.333. The third-order valence-electron chi connectivity index (χ3n) is 4.35. The summed E-state index contributed by atoms with van der Waals surface area (Å²) in [5.41, 5.74) is -0.409. The van der Waals surface area contributed by atoms with E-state index >= 15 is 0 Å². The molecule has 1 unspecified atom stereocenters. The Kier molecular flexibility index (Phi) is 5.63. The molecule has 0 aliphatic heterocycles. The van der Waals surface area contributed by atoms with Gasteiger partial charge in [0.25, 0.3) is 15.9 Å². The molecule has 0 spiro atoms. The number of alkyl halides is 3. The van der Waals surface area contributed by atoms with Crippen LogP contribution in [-0.2, 0) is 26.2 Å². The number of rotatable bonds is 5. The minimum atomic E-state index is -4.31. The minimum absolute atomic E-state index is 0.0146. The number of nitrogens with zero attached hydrogens (tertiary/aromatic N) is 1. The summed E-state index contributed by atoms with van der Waals surface area (Å²) in [5.74, 6) is -4.55. The first kappa shape index (κ1) is 22.5. The minimum Gasteiger partial charge on any atom is -0.457 e. The van der Waals surface area contributed by atoms with Crippen LogP contribution in [0.25, 0.3) is 0 Å². The fourth-order valence-electron chi connectivity index (χ4n) is 3.25. The van der Waals surface area contributed by atoms with Crippen LogP contribution in [0.1, 0.15) is 22.8 Å². The van der Waals surface area contributed by atoms with E-state index < -0.39 is 60.5 Å². The largest absolute Gasteiger partial charge is 0.457 e. The van der Waals surface area contributed by atoms with Crippen LogP contribution in [0.3, 0.4) is 0 Å². The normalized spacial score (nSPS) is 19.8. The average molecular weight is 467 g/mol. The molecular weight excluding hydrogens is 450 g/mol.